The summed E-state index contributed by atoms with van der Waals surface area (Å²) in [6.07, 6.45) is -0.516. The average molecular weight is 351 g/mol. The molecule has 0 aromatic heterocycles. The molecular formula is C17H21NO7. The molecule has 0 N–H and O–H groups in total. The summed E-state index contributed by atoms with van der Waals surface area (Å²) >= 11 is 0. The predicted octanol–water partition coefficient (Wildman–Crippen LogP) is 2.54. The van der Waals surface area contributed by atoms with Crippen molar-refractivity contribution in [1.29, 1.82) is 0 Å². The predicted molar refractivity (Wildman–Crippen MR) is 87.9 cm³/mol. The minimum Gasteiger partial charge on any atom is -0.469 e. The van der Waals surface area contributed by atoms with Gasteiger partial charge in [-0.2, -0.15) is 0 Å². The Morgan fingerprint density at radius 2 is 1.76 bits per heavy atom. The molecule has 0 spiro atoms. The number of Topliss-reactive ketones (excluding diaryl/α,β-unsaturated/α-hetero) is 1. The quantitative estimate of drug-likeness (QED) is 0.321. The fourth-order valence-corrected chi connectivity index (χ4v) is 2.16. The monoisotopic (exact) mass is 351 g/mol. The van der Waals surface area contributed by atoms with Crippen molar-refractivity contribution in [2.24, 2.45) is 0 Å². The maximum absolute atomic E-state index is 12.5. The van der Waals surface area contributed by atoms with E-state index in [9.17, 15) is 24.5 Å². The number of para-hydroxylation sites is 1. The first-order valence-corrected chi connectivity index (χ1v) is 7.62. The van der Waals surface area contributed by atoms with E-state index in [0.29, 0.717) is 0 Å². The van der Waals surface area contributed by atoms with Gasteiger partial charge in [0.1, 0.15) is 11.5 Å². The van der Waals surface area contributed by atoms with Crippen molar-refractivity contribution < 1.29 is 28.8 Å². The number of hydrogen-bond acceptors (Lipinski definition) is 7. The number of nitro benzene ring substituents is 1. The molecule has 1 unspecified atom stereocenters. The minimum atomic E-state index is -1.48. The second-order valence-corrected chi connectivity index (χ2v) is 6.32. The molecule has 1 atom stereocenters. The zero-order chi connectivity index (χ0) is 19.2. The molecule has 136 valence electrons. The van der Waals surface area contributed by atoms with Crippen molar-refractivity contribution in [3.8, 4) is 0 Å². The van der Waals surface area contributed by atoms with Gasteiger partial charge < -0.3 is 9.47 Å². The molecule has 0 saturated carbocycles. The number of ether oxygens (including phenoxy) is 2. The summed E-state index contributed by atoms with van der Waals surface area (Å²) in [6, 6.07) is 5.48. The van der Waals surface area contributed by atoms with E-state index in [-0.39, 0.29) is 24.1 Å². The molecule has 0 bridgehead atoms. The fraction of sp³-hybridized carbons (Fsp3) is 0.471. The summed E-state index contributed by atoms with van der Waals surface area (Å²) < 4.78 is 9.72. The largest absolute Gasteiger partial charge is 0.469 e. The Morgan fingerprint density at radius 3 is 2.28 bits per heavy atom. The number of esters is 2. The first kappa shape index (κ1) is 20.3. The number of rotatable bonds is 7. The molecule has 0 heterocycles. The van der Waals surface area contributed by atoms with E-state index in [1.165, 1.54) is 31.4 Å². The van der Waals surface area contributed by atoms with Crippen molar-refractivity contribution in [2.75, 3.05) is 7.11 Å². The van der Waals surface area contributed by atoms with E-state index < -0.39 is 34.2 Å². The van der Waals surface area contributed by atoms with E-state index in [1.807, 2.05) is 0 Å². The number of carbonyl (C=O) groups is 3. The standard InChI is InChI=1S/C17H21NO7/c1-17(2,3)25-16(21)15(13(19)9-10-14(20)24-4)11-7-5-6-8-12(11)18(22)23/h5-8,15H,9-10H2,1-4H3. The first-order valence-electron chi connectivity index (χ1n) is 7.62. The van der Waals surface area contributed by atoms with Gasteiger partial charge in [0.15, 0.2) is 5.78 Å². The molecule has 1 aromatic carbocycles. The SMILES string of the molecule is COC(=O)CCC(=O)C(C(=O)OC(C)(C)C)c1ccccc1[N+](=O)[O-]. The number of nitrogens with zero attached hydrogens (tertiary/aromatic N) is 1. The lowest BCUT2D eigenvalue weighted by molar-refractivity contribution is -0.385. The lowest BCUT2D eigenvalue weighted by Gasteiger charge is -2.23. The topological polar surface area (TPSA) is 113 Å². The average Bonchev–Trinajstić information content (AvgIpc) is 2.51. The zero-order valence-corrected chi connectivity index (χ0v) is 14.6. The molecule has 8 heteroatoms. The number of carbonyl (C=O) groups excluding carboxylic acids is 3. The third-order valence-electron chi connectivity index (χ3n) is 3.21. The van der Waals surface area contributed by atoms with Gasteiger partial charge in [0.05, 0.1) is 24.0 Å². The van der Waals surface area contributed by atoms with E-state index in [4.69, 9.17) is 4.74 Å². The summed E-state index contributed by atoms with van der Waals surface area (Å²) in [5.41, 5.74) is -1.29. The maximum atomic E-state index is 12.5. The van der Waals surface area contributed by atoms with Crippen LogP contribution in [-0.4, -0.2) is 35.4 Å². The van der Waals surface area contributed by atoms with E-state index >= 15 is 0 Å². The molecule has 1 rings (SSSR count). The Balaban J connectivity index is 3.24. The highest BCUT2D eigenvalue weighted by Crippen LogP contribution is 2.30. The number of methoxy groups -OCH3 is 1. The van der Waals surface area contributed by atoms with Gasteiger partial charge in [0.25, 0.3) is 5.69 Å². The van der Waals surface area contributed by atoms with Crippen LogP contribution in [0.2, 0.25) is 0 Å². The Morgan fingerprint density at radius 1 is 1.16 bits per heavy atom. The molecule has 1 aromatic rings. The summed E-state index contributed by atoms with van der Waals surface area (Å²) in [6.45, 7) is 4.88. The van der Waals surface area contributed by atoms with Crippen LogP contribution in [0.25, 0.3) is 0 Å². The van der Waals surface area contributed by atoms with Crippen molar-refractivity contribution in [2.45, 2.75) is 45.1 Å². The smallest absolute Gasteiger partial charge is 0.321 e. The number of benzene rings is 1. The number of nitro groups is 1. The van der Waals surface area contributed by atoms with Gasteiger partial charge in [-0.05, 0) is 20.8 Å². The van der Waals surface area contributed by atoms with Gasteiger partial charge in [0.2, 0.25) is 0 Å². The number of hydrogen-bond donors (Lipinski definition) is 0. The highest BCUT2D eigenvalue weighted by Gasteiger charge is 2.36. The lowest BCUT2D eigenvalue weighted by atomic mass is 9.90. The van der Waals surface area contributed by atoms with E-state index in [1.54, 1.807) is 20.8 Å². The van der Waals surface area contributed by atoms with Gasteiger partial charge in [-0.3, -0.25) is 24.5 Å². The second-order valence-electron chi connectivity index (χ2n) is 6.32. The van der Waals surface area contributed by atoms with Crippen LogP contribution in [0, 0.1) is 10.1 Å². The molecule has 0 radical (unpaired) electrons. The second kappa shape index (κ2) is 8.36. The van der Waals surface area contributed by atoms with Crippen molar-refractivity contribution in [3.63, 3.8) is 0 Å². The number of ketones is 1. The maximum Gasteiger partial charge on any atom is 0.321 e. The van der Waals surface area contributed by atoms with E-state index in [2.05, 4.69) is 4.74 Å². The molecule has 25 heavy (non-hydrogen) atoms. The molecule has 0 saturated heterocycles. The van der Waals surface area contributed by atoms with Crippen LogP contribution in [0.1, 0.15) is 45.1 Å². The van der Waals surface area contributed by atoms with Gasteiger partial charge in [0, 0.05) is 12.5 Å². The molecule has 0 aliphatic heterocycles. The van der Waals surface area contributed by atoms with Crippen molar-refractivity contribution in [3.05, 3.63) is 39.9 Å². The van der Waals surface area contributed by atoms with Crippen LogP contribution in [-0.2, 0) is 23.9 Å². The summed E-state index contributed by atoms with van der Waals surface area (Å²) in [5, 5.41) is 11.2. The third kappa shape index (κ3) is 5.98. The van der Waals surface area contributed by atoms with Crippen LogP contribution >= 0.6 is 0 Å². The molecule has 0 aliphatic rings. The molecule has 0 aliphatic carbocycles. The van der Waals surface area contributed by atoms with Crippen LogP contribution in [0.5, 0.6) is 0 Å². The minimum absolute atomic E-state index is 0.0587. The molecule has 8 nitrogen and oxygen atoms in total. The Bertz CT molecular complexity index is 676. The van der Waals surface area contributed by atoms with Gasteiger partial charge in [-0.15, -0.1) is 0 Å². The van der Waals surface area contributed by atoms with Crippen LogP contribution < -0.4 is 0 Å². The highest BCUT2D eigenvalue weighted by atomic mass is 16.6. The molecule has 0 fully saturated rings. The molecular weight excluding hydrogens is 330 g/mol. The normalized spacial score (nSPS) is 12.2. The Labute approximate surface area is 145 Å². The summed E-state index contributed by atoms with van der Waals surface area (Å²) in [4.78, 5) is 46.9. The summed E-state index contributed by atoms with van der Waals surface area (Å²) in [7, 11) is 1.18. The van der Waals surface area contributed by atoms with Crippen molar-refractivity contribution >= 4 is 23.4 Å². The third-order valence-corrected chi connectivity index (χ3v) is 3.21. The first-order chi connectivity index (χ1) is 11.6. The van der Waals surface area contributed by atoms with Gasteiger partial charge in [-0.25, -0.2) is 0 Å². The summed E-state index contributed by atoms with van der Waals surface area (Å²) in [5.74, 6) is -3.63. The van der Waals surface area contributed by atoms with Gasteiger partial charge >= 0.3 is 11.9 Å². The Kier molecular flexibility index (Phi) is 6.78. The van der Waals surface area contributed by atoms with Crippen molar-refractivity contribution in [1.82, 2.24) is 0 Å². The Hall–Kier alpha value is -2.77. The van der Waals surface area contributed by atoms with Gasteiger partial charge in [-0.1, -0.05) is 18.2 Å². The van der Waals surface area contributed by atoms with E-state index in [0.717, 1.165) is 0 Å². The molecule has 0 amide bonds. The highest BCUT2D eigenvalue weighted by molar-refractivity contribution is 6.06. The van der Waals surface area contributed by atoms with Crippen LogP contribution in [0.4, 0.5) is 5.69 Å². The fourth-order valence-electron chi connectivity index (χ4n) is 2.16. The lowest BCUT2D eigenvalue weighted by Crippen LogP contribution is -2.32. The van der Waals surface area contributed by atoms with Crippen LogP contribution in [0.3, 0.4) is 0 Å². The van der Waals surface area contributed by atoms with Crippen LogP contribution in [0.15, 0.2) is 24.3 Å². The zero-order valence-electron chi connectivity index (χ0n) is 14.6.